The number of nitrogens with zero attached hydrogens (tertiary/aromatic N) is 5. The lowest BCUT2D eigenvalue weighted by molar-refractivity contribution is -0.306. The monoisotopic (exact) mass is 1890 g/mol. The van der Waals surface area contributed by atoms with Crippen molar-refractivity contribution in [2.75, 3.05) is 53.3 Å². The van der Waals surface area contributed by atoms with Crippen LogP contribution in [0.5, 0.6) is 46.0 Å². The topological polar surface area (TPSA) is 371 Å². The number of urea groups is 2. The highest BCUT2D eigenvalue weighted by molar-refractivity contribution is 9.09. The molecule has 8 aliphatic heterocycles. The molecular weight excluding hydrogens is 1770 g/mol. The number of nitrogens with one attached hydrogen (secondary N) is 3. The zero-order chi connectivity index (χ0) is 91.4. The molecule has 27 nitrogen and oxygen atoms in total. The van der Waals surface area contributed by atoms with Crippen molar-refractivity contribution in [2.45, 2.75) is 225 Å². The molecule has 0 bridgehead atoms. The second-order valence-electron chi connectivity index (χ2n) is 39.4. The predicted molar refractivity (Wildman–Crippen MR) is 509 cm³/mol. The third kappa shape index (κ3) is 16.5. The SMILES string of the molecule is BrCC1CC1.CC(C)(C)OO.CN1C(=O)C2(N=C1N)c1cc(OCC3CC3)ccc1OC21CCc2ccccc2CC1.CN1C(=O)C2(NC1=S)c1cc(OCC3CC3)ccc1OC21CCc2ccccc2CC1.CN1C(=O)NC2(C1=O)c1cc(O)ccc1OC21CCc2ccccc2CC1.CN1C(=O)NC2(C1=O)c1cc(OCC3CC3)ccc1OC21CCc2ccccc2CC1.N.O. The number of phenolic OH excluding ortho intramolecular Hbond substituents is 1. The zero-order valence-corrected chi connectivity index (χ0v) is 79.1. The maximum absolute atomic E-state index is 13.8. The number of benzene rings is 8. The van der Waals surface area contributed by atoms with E-state index in [-0.39, 0.29) is 53.0 Å². The number of imide groups is 2. The number of hydrogen-bond acceptors (Lipinski definition) is 20. The number of guanidine groups is 1. The van der Waals surface area contributed by atoms with Crippen molar-refractivity contribution in [1.82, 2.24) is 41.7 Å². The fourth-order valence-electron chi connectivity index (χ4n) is 21.5. The first-order chi connectivity index (χ1) is 63.0. The number of fused-ring (bicyclic) bond motifs is 16. The number of aryl methyl sites for hydroxylation is 8. The molecule has 8 aromatic carbocycles. The molecule has 8 spiro atoms. The number of carbonyl (C=O) groups excluding carboxylic acids is 6. The van der Waals surface area contributed by atoms with E-state index in [0.717, 1.165) is 121 Å². The lowest BCUT2D eigenvalue weighted by Gasteiger charge is -2.40. The predicted octanol–water partition coefficient (Wildman–Crippen LogP) is 15.3. The minimum Gasteiger partial charge on any atom is -0.508 e. The third-order valence-electron chi connectivity index (χ3n) is 29.9. The average molecular weight is 1900 g/mol. The number of carbonyl (C=O) groups is 6. The minimum absolute atomic E-state index is 0. The molecule has 29 heteroatoms. The maximum atomic E-state index is 13.8. The number of hydrogen-bond donors (Lipinski definition) is 7. The molecule has 8 aromatic rings. The number of amides is 8. The number of nitrogens with two attached hydrogens (primary N) is 1. The lowest BCUT2D eigenvalue weighted by atomic mass is 9.71. The molecule has 8 amide bonds. The number of aliphatic imine (C=N–C) groups is 1. The molecule has 8 heterocycles. The van der Waals surface area contributed by atoms with Crippen molar-refractivity contribution < 1.29 is 82.7 Å². The van der Waals surface area contributed by atoms with Gasteiger partial charge in [0.1, 0.15) is 68.4 Å². The van der Waals surface area contributed by atoms with E-state index < -0.39 is 56.2 Å². The van der Waals surface area contributed by atoms with Crippen molar-refractivity contribution >= 4 is 74.9 Å². The second kappa shape index (κ2) is 36.1. The molecule has 24 rings (SSSR count). The summed E-state index contributed by atoms with van der Waals surface area (Å²) in [5.74, 6) is 7.49. The summed E-state index contributed by atoms with van der Waals surface area (Å²) in [5.41, 5.74) is 11.2. The summed E-state index contributed by atoms with van der Waals surface area (Å²) in [6, 6.07) is 55.1. The van der Waals surface area contributed by atoms with Crippen LogP contribution in [0.1, 0.15) is 190 Å². The largest absolute Gasteiger partial charge is 0.508 e. The normalized spacial score (nSPS) is 24.5. The molecule has 12 N–H and O–H groups in total. The van der Waals surface area contributed by atoms with Gasteiger partial charge in [0.25, 0.3) is 23.6 Å². The van der Waals surface area contributed by atoms with Gasteiger partial charge < -0.3 is 71.6 Å². The number of ether oxygens (including phenoxy) is 7. The molecule has 8 aliphatic carbocycles. The van der Waals surface area contributed by atoms with Gasteiger partial charge in [-0.25, -0.2) is 19.5 Å². The molecule has 702 valence electrons. The van der Waals surface area contributed by atoms with Crippen LogP contribution in [0.4, 0.5) is 9.59 Å². The number of thiocarbonyl (C=S) groups is 1. The highest BCUT2D eigenvalue weighted by Crippen LogP contribution is 2.62. The number of likely N-dealkylation sites (N-methyl/N-ethyl adjacent to an activating group) is 4. The van der Waals surface area contributed by atoms with Crippen LogP contribution in [-0.2, 0) is 97.6 Å². The summed E-state index contributed by atoms with van der Waals surface area (Å²) in [5, 5.41) is 29.1. The Bertz CT molecular complexity index is 5630. The van der Waals surface area contributed by atoms with Crippen LogP contribution >= 0.6 is 28.1 Å². The summed E-state index contributed by atoms with van der Waals surface area (Å²) >= 11 is 8.92. The quantitative estimate of drug-likeness (QED) is 0.0220. The summed E-state index contributed by atoms with van der Waals surface area (Å²) < 4.78 is 44.6. The molecule has 133 heavy (non-hydrogen) atoms. The first-order valence-electron chi connectivity index (χ1n) is 46.5. The van der Waals surface area contributed by atoms with Crippen LogP contribution in [0.2, 0.25) is 0 Å². The van der Waals surface area contributed by atoms with Gasteiger partial charge in [-0.1, -0.05) is 113 Å². The van der Waals surface area contributed by atoms with Gasteiger partial charge in [-0.05, 0) is 328 Å². The Kier molecular flexibility index (Phi) is 25.4. The van der Waals surface area contributed by atoms with Gasteiger partial charge in [0.15, 0.2) is 27.7 Å². The van der Waals surface area contributed by atoms with Crippen LogP contribution in [0.25, 0.3) is 0 Å². The Labute approximate surface area is 789 Å². The zero-order valence-electron chi connectivity index (χ0n) is 76.7. The molecule has 4 saturated carbocycles. The molecule has 7 fully saturated rings. The highest BCUT2D eigenvalue weighted by atomic mass is 79.9. The van der Waals surface area contributed by atoms with E-state index >= 15 is 0 Å². The summed E-state index contributed by atoms with van der Waals surface area (Å²) in [7, 11) is 6.46. The summed E-state index contributed by atoms with van der Waals surface area (Å²) in [6.07, 6.45) is 22.2. The van der Waals surface area contributed by atoms with E-state index in [1.165, 1.54) is 125 Å². The first kappa shape index (κ1) is 93.5. The number of alkyl halides is 1. The van der Waals surface area contributed by atoms with Gasteiger partial charge in [0.2, 0.25) is 5.54 Å². The summed E-state index contributed by atoms with van der Waals surface area (Å²) in [6.45, 7) is 7.44. The van der Waals surface area contributed by atoms with E-state index in [1.54, 1.807) is 58.0 Å². The lowest BCUT2D eigenvalue weighted by Crippen LogP contribution is -2.61. The molecule has 3 saturated heterocycles. The van der Waals surface area contributed by atoms with Gasteiger partial charge in [-0.3, -0.25) is 44.0 Å². The fourth-order valence-corrected chi connectivity index (χ4v) is 22.4. The maximum Gasteiger partial charge on any atom is 0.325 e. The van der Waals surface area contributed by atoms with Crippen LogP contribution in [0.15, 0.2) is 175 Å². The Hall–Kier alpha value is -11.3. The second-order valence-corrected chi connectivity index (χ2v) is 40.4. The Balaban J connectivity index is 0.000000118. The number of aromatic hydroxyl groups is 1. The Morgan fingerprint density at radius 2 is 0.707 bits per heavy atom. The van der Waals surface area contributed by atoms with Gasteiger partial charge in [-0.2, -0.15) is 0 Å². The molecule has 0 radical (unpaired) electrons. The van der Waals surface area contributed by atoms with E-state index in [9.17, 15) is 33.9 Å². The van der Waals surface area contributed by atoms with Crippen LogP contribution in [0.3, 0.4) is 0 Å². The standard InChI is InChI=1S/C25H27N3O3.C25H26N2O4.C25H26N2O3S.C21H20N2O4.C4H7Br.C4H10O2.H3N.H2O/c1-28-22(29)25(27-23(28)26)20-14-19(30-15-16-6-7-16)8-9-21(20)31-24(25)12-10-17-4-2-3-5-18(17)11-13-24;1-27-22(28)25(26-23(27)29)20-14-19(30-15-16-6-7-16)8-9-21(20)31-24(25)12-10-17-4-2-3-5-18(17)11-13-24;1-27-22(28)25(26-23(27)31)20-14-19(29-15-16-6-7-16)8-9-21(20)30-24(25)12-10-17-4-2-3-5-18(17)11-13-24;1-23-18(25)21(22-19(23)26)16-12-15(24)6-7-17(16)27-20(21)10-8-13-4-2-3-5-14(13)9-11-20;5-3-4-1-2-4;1-4(2,3)6-5;;/h2-5,8-9,14,16H,6-7,10-13,15H2,1H3,(H2,26,27);2-5,8-9,14,16H,6-7,10-13,15H2,1H3,(H,26,29);2-5,8-9,14,16H,6-7,10-13,15H2,1H3,(H,26,31);2-7,12,24H,8-11H2,1H3,(H,22,26);4H,1-3H2;5H,1-3H3;1H3;1H2. The summed E-state index contributed by atoms with van der Waals surface area (Å²) in [4.78, 5) is 93.8. The van der Waals surface area contributed by atoms with Crippen LogP contribution in [-0.4, -0.2) is 164 Å². The molecule has 4 atom stereocenters. The Morgan fingerprint density at radius 3 is 0.977 bits per heavy atom. The molecule has 16 aliphatic rings. The molecular formula is C104H121BrN10O17S. The molecule has 4 unspecified atom stereocenters. The highest BCUT2D eigenvalue weighted by Gasteiger charge is 2.74. The van der Waals surface area contributed by atoms with Crippen LogP contribution in [0, 0.1) is 23.7 Å². The third-order valence-corrected chi connectivity index (χ3v) is 31.1. The van der Waals surface area contributed by atoms with Gasteiger partial charge in [0, 0.05) is 55.8 Å². The van der Waals surface area contributed by atoms with Crippen molar-refractivity contribution in [3.8, 4) is 46.0 Å². The van der Waals surface area contributed by atoms with Crippen molar-refractivity contribution in [2.24, 2.45) is 34.4 Å². The van der Waals surface area contributed by atoms with Gasteiger partial charge in [0.05, 0.1) is 25.4 Å². The van der Waals surface area contributed by atoms with E-state index in [2.05, 4.69) is 122 Å². The van der Waals surface area contributed by atoms with Gasteiger partial charge >= 0.3 is 12.1 Å². The van der Waals surface area contributed by atoms with Crippen molar-refractivity contribution in [1.29, 1.82) is 0 Å². The van der Waals surface area contributed by atoms with Crippen LogP contribution < -0.4 is 61.0 Å². The van der Waals surface area contributed by atoms with E-state index in [1.807, 2.05) is 66.7 Å². The first-order valence-corrected chi connectivity index (χ1v) is 48.1. The Morgan fingerprint density at radius 1 is 0.421 bits per heavy atom. The minimum atomic E-state index is -1.31. The van der Waals surface area contributed by atoms with E-state index in [4.69, 9.17) is 61.4 Å². The van der Waals surface area contributed by atoms with Gasteiger partial charge in [-0.15, -0.1) is 0 Å². The van der Waals surface area contributed by atoms with Crippen molar-refractivity contribution in [3.63, 3.8) is 0 Å². The number of halogens is 1. The molecule has 0 aromatic heterocycles. The average Bonchev–Trinajstić information content (AvgIpc) is 1.54. The van der Waals surface area contributed by atoms with Crippen molar-refractivity contribution in [3.05, 3.63) is 237 Å². The number of rotatable bonds is 10. The van der Waals surface area contributed by atoms with E-state index in [0.29, 0.717) is 97.4 Å². The fraction of sp³-hybridized carbons (Fsp3) is 0.462. The smallest absolute Gasteiger partial charge is 0.325 e. The number of phenols is 1.